The van der Waals surface area contributed by atoms with Gasteiger partial charge in [0.1, 0.15) is 0 Å². The first-order valence-electron chi connectivity index (χ1n) is 7.91. The molecule has 1 amide bonds. The summed E-state index contributed by atoms with van der Waals surface area (Å²) >= 11 is 5.82. The molecule has 1 saturated heterocycles. The lowest BCUT2D eigenvalue weighted by Gasteiger charge is -2.34. The van der Waals surface area contributed by atoms with Gasteiger partial charge in [-0.1, -0.05) is 23.7 Å². The summed E-state index contributed by atoms with van der Waals surface area (Å²) in [5.74, 6) is -1.38. The Bertz CT molecular complexity index is 551. The van der Waals surface area contributed by atoms with Gasteiger partial charge in [0.2, 0.25) is 5.91 Å². The number of hydrogen-bond acceptors (Lipinski definition) is 3. The fraction of sp³-hybridized carbons (Fsp3) is 0.529. The molecule has 5 nitrogen and oxygen atoms in total. The van der Waals surface area contributed by atoms with E-state index < -0.39 is 12.0 Å². The number of halogens is 1. The monoisotopic (exact) mass is 338 g/mol. The number of carboxylic acids is 1. The maximum absolute atomic E-state index is 12.4. The smallest absolute Gasteiger partial charge is 0.330 e. The van der Waals surface area contributed by atoms with E-state index in [2.05, 4.69) is 24.1 Å². The maximum atomic E-state index is 12.4. The molecule has 126 valence electrons. The van der Waals surface area contributed by atoms with E-state index in [-0.39, 0.29) is 11.8 Å². The Hall–Kier alpha value is -1.59. The summed E-state index contributed by atoms with van der Waals surface area (Å²) in [7, 11) is 0. The highest BCUT2D eigenvalue weighted by atomic mass is 35.5. The van der Waals surface area contributed by atoms with Crippen molar-refractivity contribution in [2.75, 3.05) is 13.1 Å². The molecule has 0 bridgehead atoms. The molecule has 1 aliphatic rings. The molecule has 1 aromatic carbocycles. The molecule has 2 N–H and O–H groups in total. The number of aliphatic carboxylic acids is 1. The summed E-state index contributed by atoms with van der Waals surface area (Å²) in [5, 5.41) is 12.6. The first-order valence-corrected chi connectivity index (χ1v) is 8.29. The maximum Gasteiger partial charge on any atom is 0.330 e. The van der Waals surface area contributed by atoms with Gasteiger partial charge in [0, 0.05) is 17.0 Å². The standard InChI is InChI=1S/C17H23ClN2O3/c1-11(2)20-9-7-13(8-10-20)16(21)19-15(17(22)23)12-3-5-14(18)6-4-12/h3-6,11,13,15H,7-10H2,1-2H3,(H,19,21)(H,22,23)/t15-/m1/s1. The van der Waals surface area contributed by atoms with E-state index in [0.29, 0.717) is 16.6 Å². The van der Waals surface area contributed by atoms with Crippen molar-refractivity contribution in [2.45, 2.75) is 38.8 Å². The van der Waals surface area contributed by atoms with Gasteiger partial charge in [0.05, 0.1) is 0 Å². The molecular weight excluding hydrogens is 316 g/mol. The topological polar surface area (TPSA) is 69.6 Å². The largest absolute Gasteiger partial charge is 0.479 e. The summed E-state index contributed by atoms with van der Waals surface area (Å²) in [6, 6.07) is 5.94. The Morgan fingerprint density at radius 3 is 2.26 bits per heavy atom. The van der Waals surface area contributed by atoms with Crippen LogP contribution in [0, 0.1) is 5.92 Å². The van der Waals surface area contributed by atoms with Gasteiger partial charge in [0.15, 0.2) is 6.04 Å². The zero-order valence-electron chi connectivity index (χ0n) is 13.5. The van der Waals surface area contributed by atoms with Crippen LogP contribution in [-0.4, -0.2) is 41.0 Å². The number of carbonyl (C=O) groups excluding carboxylic acids is 1. The van der Waals surface area contributed by atoms with Gasteiger partial charge in [-0.25, -0.2) is 4.79 Å². The van der Waals surface area contributed by atoms with Gasteiger partial charge in [-0.15, -0.1) is 0 Å². The van der Waals surface area contributed by atoms with Gasteiger partial charge in [0.25, 0.3) is 0 Å². The molecule has 0 saturated carbocycles. The Balaban J connectivity index is 1.99. The Morgan fingerprint density at radius 1 is 1.22 bits per heavy atom. The molecule has 1 atom stereocenters. The lowest BCUT2D eigenvalue weighted by Crippen LogP contribution is -2.44. The fourth-order valence-electron chi connectivity index (χ4n) is 2.88. The van der Waals surface area contributed by atoms with E-state index in [1.165, 1.54) is 0 Å². The predicted molar refractivity (Wildman–Crippen MR) is 89.4 cm³/mol. The van der Waals surface area contributed by atoms with Crippen molar-refractivity contribution in [3.63, 3.8) is 0 Å². The van der Waals surface area contributed by atoms with E-state index in [1.54, 1.807) is 24.3 Å². The SMILES string of the molecule is CC(C)N1CCC(C(=O)N[C@@H](C(=O)O)c2ccc(Cl)cc2)CC1. The molecule has 1 aromatic rings. The van der Waals surface area contributed by atoms with Crippen molar-refractivity contribution in [2.24, 2.45) is 5.92 Å². The van der Waals surface area contributed by atoms with E-state index in [1.807, 2.05) is 0 Å². The average molecular weight is 339 g/mol. The Kier molecular flexibility index (Phi) is 6.02. The van der Waals surface area contributed by atoms with Gasteiger partial charge >= 0.3 is 5.97 Å². The zero-order valence-corrected chi connectivity index (χ0v) is 14.2. The van der Waals surface area contributed by atoms with Crippen LogP contribution in [0.1, 0.15) is 38.3 Å². The van der Waals surface area contributed by atoms with Crippen LogP contribution in [0.25, 0.3) is 0 Å². The molecule has 0 spiro atoms. The second-order valence-electron chi connectivity index (χ2n) is 6.24. The van der Waals surface area contributed by atoms with Crippen molar-refractivity contribution in [1.82, 2.24) is 10.2 Å². The average Bonchev–Trinajstić information content (AvgIpc) is 2.53. The van der Waals surface area contributed by atoms with E-state index in [4.69, 9.17) is 11.6 Å². The molecule has 2 rings (SSSR count). The highest BCUT2D eigenvalue weighted by Gasteiger charge is 2.29. The Morgan fingerprint density at radius 2 is 1.78 bits per heavy atom. The highest BCUT2D eigenvalue weighted by Crippen LogP contribution is 2.22. The summed E-state index contributed by atoms with van der Waals surface area (Å²) in [5.41, 5.74) is 0.523. The molecule has 0 aliphatic carbocycles. The number of carboxylic acid groups (broad SMARTS) is 1. The molecule has 0 radical (unpaired) electrons. The molecule has 0 unspecified atom stereocenters. The van der Waals surface area contributed by atoms with Crippen molar-refractivity contribution in [1.29, 1.82) is 0 Å². The van der Waals surface area contributed by atoms with Crippen LogP contribution in [0.3, 0.4) is 0 Å². The number of hydrogen-bond donors (Lipinski definition) is 2. The first kappa shape index (κ1) is 17.8. The number of nitrogens with zero attached hydrogens (tertiary/aromatic N) is 1. The number of nitrogens with one attached hydrogen (secondary N) is 1. The molecule has 1 heterocycles. The number of benzene rings is 1. The summed E-state index contributed by atoms with van der Waals surface area (Å²) in [6.45, 7) is 6.02. The molecular formula is C17H23ClN2O3. The minimum absolute atomic E-state index is 0.126. The third-order valence-corrected chi connectivity index (χ3v) is 4.62. The van der Waals surface area contributed by atoms with Gasteiger partial charge in [-0.3, -0.25) is 4.79 Å². The van der Waals surface area contributed by atoms with E-state index >= 15 is 0 Å². The zero-order chi connectivity index (χ0) is 17.0. The Labute approximate surface area is 141 Å². The molecule has 0 aromatic heterocycles. The van der Waals surface area contributed by atoms with Crippen LogP contribution in [0.4, 0.5) is 0 Å². The number of carbonyl (C=O) groups is 2. The molecule has 1 fully saturated rings. The van der Waals surface area contributed by atoms with Crippen LogP contribution in [0.15, 0.2) is 24.3 Å². The minimum atomic E-state index is -1.07. The quantitative estimate of drug-likeness (QED) is 0.866. The number of amides is 1. The summed E-state index contributed by atoms with van der Waals surface area (Å²) in [4.78, 5) is 26.2. The van der Waals surface area contributed by atoms with Crippen molar-refractivity contribution < 1.29 is 14.7 Å². The molecule has 1 aliphatic heterocycles. The third-order valence-electron chi connectivity index (χ3n) is 4.37. The van der Waals surface area contributed by atoms with Crippen LogP contribution < -0.4 is 5.32 Å². The fourth-order valence-corrected chi connectivity index (χ4v) is 3.01. The summed E-state index contributed by atoms with van der Waals surface area (Å²) < 4.78 is 0. The van der Waals surface area contributed by atoms with Gasteiger partial charge in [-0.2, -0.15) is 0 Å². The van der Waals surface area contributed by atoms with Gasteiger partial charge < -0.3 is 15.3 Å². The van der Waals surface area contributed by atoms with Crippen LogP contribution in [-0.2, 0) is 9.59 Å². The molecule has 6 heteroatoms. The number of piperidine rings is 1. The second-order valence-corrected chi connectivity index (χ2v) is 6.67. The van der Waals surface area contributed by atoms with Crippen LogP contribution >= 0.6 is 11.6 Å². The number of likely N-dealkylation sites (tertiary alicyclic amines) is 1. The second kappa shape index (κ2) is 7.79. The summed E-state index contributed by atoms with van der Waals surface area (Å²) in [6.07, 6.45) is 1.52. The lowest BCUT2D eigenvalue weighted by atomic mass is 9.94. The number of rotatable bonds is 5. The van der Waals surface area contributed by atoms with Crippen molar-refractivity contribution >= 4 is 23.5 Å². The molecule has 23 heavy (non-hydrogen) atoms. The normalized spacial score (nSPS) is 17.9. The van der Waals surface area contributed by atoms with Crippen LogP contribution in [0.2, 0.25) is 5.02 Å². The third kappa shape index (κ3) is 4.69. The van der Waals surface area contributed by atoms with Gasteiger partial charge in [-0.05, 0) is 57.5 Å². The highest BCUT2D eigenvalue weighted by molar-refractivity contribution is 6.30. The van der Waals surface area contributed by atoms with Crippen molar-refractivity contribution in [3.05, 3.63) is 34.9 Å². The lowest BCUT2D eigenvalue weighted by molar-refractivity contribution is -0.143. The first-order chi connectivity index (χ1) is 10.9. The van der Waals surface area contributed by atoms with E-state index in [0.717, 1.165) is 25.9 Å². The van der Waals surface area contributed by atoms with Crippen LogP contribution in [0.5, 0.6) is 0 Å². The predicted octanol–water partition coefficient (Wildman–Crippen LogP) is 2.70. The minimum Gasteiger partial charge on any atom is -0.479 e. The van der Waals surface area contributed by atoms with E-state index in [9.17, 15) is 14.7 Å². The van der Waals surface area contributed by atoms with Crippen molar-refractivity contribution in [3.8, 4) is 0 Å².